The number of carbonyl (C=O) groups excluding carboxylic acids is 1. The van der Waals surface area contributed by atoms with Crippen molar-refractivity contribution in [2.75, 3.05) is 10.0 Å². The van der Waals surface area contributed by atoms with Crippen molar-refractivity contribution in [2.24, 2.45) is 0 Å². The van der Waals surface area contributed by atoms with Gasteiger partial charge in [-0.3, -0.25) is 9.52 Å². The maximum atomic E-state index is 13.2. The van der Waals surface area contributed by atoms with E-state index in [9.17, 15) is 17.6 Å². The van der Waals surface area contributed by atoms with Crippen LogP contribution in [0.3, 0.4) is 0 Å². The molecule has 2 N–H and O–H groups in total. The molecule has 1 aromatic heterocycles. The molecule has 3 aromatic rings. The van der Waals surface area contributed by atoms with E-state index in [1.807, 2.05) is 0 Å². The molecule has 1 amide bonds. The van der Waals surface area contributed by atoms with Gasteiger partial charge in [-0.15, -0.1) is 0 Å². The summed E-state index contributed by atoms with van der Waals surface area (Å²) in [6.07, 6.45) is 0. The molecule has 0 unspecified atom stereocenters. The van der Waals surface area contributed by atoms with Crippen molar-refractivity contribution < 1.29 is 17.6 Å². The predicted octanol–water partition coefficient (Wildman–Crippen LogP) is 3.19. The van der Waals surface area contributed by atoms with Gasteiger partial charge in [-0.05, 0) is 42.5 Å². The summed E-state index contributed by atoms with van der Waals surface area (Å²) in [5.41, 5.74) is 1.01. The van der Waals surface area contributed by atoms with Crippen molar-refractivity contribution in [2.45, 2.75) is 11.8 Å². The van der Waals surface area contributed by atoms with Crippen LogP contribution in [0.1, 0.15) is 6.92 Å². The molecular weight excluding hydrogens is 353 g/mol. The van der Waals surface area contributed by atoms with E-state index in [0.717, 1.165) is 11.3 Å². The SMILES string of the molecule is CC(=O)Nc1ccc(S(=O)(=O)Nc2nc3ccc(F)cc3s2)cc1. The summed E-state index contributed by atoms with van der Waals surface area (Å²) in [7, 11) is -3.82. The number of nitrogens with one attached hydrogen (secondary N) is 2. The number of sulfonamides is 1. The van der Waals surface area contributed by atoms with Crippen LogP contribution in [0.15, 0.2) is 47.4 Å². The van der Waals surface area contributed by atoms with E-state index in [0.29, 0.717) is 15.9 Å². The van der Waals surface area contributed by atoms with Crippen molar-refractivity contribution in [3.8, 4) is 0 Å². The molecule has 0 radical (unpaired) electrons. The molecule has 0 aliphatic carbocycles. The van der Waals surface area contributed by atoms with Gasteiger partial charge in [0.1, 0.15) is 5.82 Å². The second-order valence-electron chi connectivity index (χ2n) is 4.94. The Morgan fingerprint density at radius 3 is 2.54 bits per heavy atom. The van der Waals surface area contributed by atoms with Gasteiger partial charge in [0.25, 0.3) is 10.0 Å². The zero-order chi connectivity index (χ0) is 17.3. The quantitative estimate of drug-likeness (QED) is 0.743. The van der Waals surface area contributed by atoms with Crippen molar-refractivity contribution >= 4 is 48.3 Å². The smallest absolute Gasteiger partial charge is 0.263 e. The average molecular weight is 365 g/mol. The molecule has 9 heteroatoms. The highest BCUT2D eigenvalue weighted by Gasteiger charge is 2.17. The minimum Gasteiger partial charge on any atom is -0.326 e. The third-order valence-electron chi connectivity index (χ3n) is 3.06. The molecule has 0 saturated heterocycles. The van der Waals surface area contributed by atoms with Crippen LogP contribution in [-0.4, -0.2) is 19.3 Å². The molecule has 0 spiro atoms. The Labute approximate surface area is 141 Å². The van der Waals surface area contributed by atoms with Gasteiger partial charge in [0.15, 0.2) is 5.13 Å². The number of aromatic nitrogens is 1. The summed E-state index contributed by atoms with van der Waals surface area (Å²) in [5.74, 6) is -0.653. The summed E-state index contributed by atoms with van der Waals surface area (Å²) >= 11 is 1.05. The molecule has 0 aliphatic rings. The first kappa shape index (κ1) is 16.3. The lowest BCUT2D eigenvalue weighted by atomic mass is 10.3. The van der Waals surface area contributed by atoms with Crippen LogP contribution in [-0.2, 0) is 14.8 Å². The van der Waals surface area contributed by atoms with Gasteiger partial charge >= 0.3 is 0 Å². The van der Waals surface area contributed by atoms with Crippen molar-refractivity contribution in [3.63, 3.8) is 0 Å². The Hall–Kier alpha value is -2.52. The van der Waals surface area contributed by atoms with Gasteiger partial charge < -0.3 is 5.32 Å². The fourth-order valence-corrected chi connectivity index (χ4v) is 4.16. The van der Waals surface area contributed by atoms with Crippen LogP contribution in [0.5, 0.6) is 0 Å². The van der Waals surface area contributed by atoms with Crippen molar-refractivity contribution in [1.29, 1.82) is 0 Å². The third-order valence-corrected chi connectivity index (χ3v) is 5.47. The number of anilines is 2. The van der Waals surface area contributed by atoms with Gasteiger partial charge in [0.2, 0.25) is 5.91 Å². The number of halogens is 1. The topological polar surface area (TPSA) is 88.2 Å². The zero-order valence-electron chi connectivity index (χ0n) is 12.4. The van der Waals surface area contributed by atoms with Crippen LogP contribution in [0.2, 0.25) is 0 Å². The fraction of sp³-hybridized carbons (Fsp3) is 0.0667. The van der Waals surface area contributed by atoms with Crippen LogP contribution in [0.4, 0.5) is 15.2 Å². The lowest BCUT2D eigenvalue weighted by Gasteiger charge is -2.06. The maximum Gasteiger partial charge on any atom is 0.263 e. The Morgan fingerprint density at radius 1 is 1.17 bits per heavy atom. The molecule has 2 aromatic carbocycles. The van der Waals surface area contributed by atoms with Gasteiger partial charge in [0, 0.05) is 12.6 Å². The largest absolute Gasteiger partial charge is 0.326 e. The summed E-state index contributed by atoms with van der Waals surface area (Å²) in [6.45, 7) is 1.36. The monoisotopic (exact) mass is 365 g/mol. The molecule has 1 heterocycles. The Morgan fingerprint density at radius 2 is 1.88 bits per heavy atom. The number of hydrogen-bond donors (Lipinski definition) is 2. The highest BCUT2D eigenvalue weighted by Crippen LogP contribution is 2.28. The first-order valence-corrected chi connectivity index (χ1v) is 9.10. The summed E-state index contributed by atoms with van der Waals surface area (Å²) in [5, 5.41) is 2.71. The third kappa shape index (κ3) is 3.52. The van der Waals surface area contributed by atoms with E-state index in [2.05, 4.69) is 15.0 Å². The molecule has 6 nitrogen and oxygen atoms in total. The highest BCUT2D eigenvalue weighted by atomic mass is 32.2. The number of hydrogen-bond acceptors (Lipinski definition) is 5. The normalized spacial score (nSPS) is 11.4. The van der Waals surface area contributed by atoms with Crippen LogP contribution < -0.4 is 10.0 Å². The van der Waals surface area contributed by atoms with E-state index in [1.165, 1.54) is 49.4 Å². The molecule has 24 heavy (non-hydrogen) atoms. The molecule has 124 valence electrons. The number of amides is 1. The van der Waals surface area contributed by atoms with E-state index in [1.54, 1.807) is 0 Å². The summed E-state index contributed by atoms with van der Waals surface area (Å²) in [6, 6.07) is 9.78. The van der Waals surface area contributed by atoms with Gasteiger partial charge in [0.05, 0.1) is 15.1 Å². The summed E-state index contributed by atoms with van der Waals surface area (Å²) < 4.78 is 40.9. The summed E-state index contributed by atoms with van der Waals surface area (Å²) in [4.78, 5) is 15.1. The van der Waals surface area contributed by atoms with Crippen molar-refractivity contribution in [1.82, 2.24) is 4.98 Å². The minimum absolute atomic E-state index is 0.0297. The lowest BCUT2D eigenvalue weighted by Crippen LogP contribution is -2.13. The molecule has 0 atom stereocenters. The number of carbonyl (C=O) groups is 1. The number of fused-ring (bicyclic) bond motifs is 1. The predicted molar refractivity (Wildman–Crippen MR) is 91.1 cm³/mol. The molecule has 0 aliphatic heterocycles. The van der Waals surface area contributed by atoms with E-state index >= 15 is 0 Å². The Balaban J connectivity index is 1.85. The molecule has 0 bridgehead atoms. The fourth-order valence-electron chi connectivity index (χ4n) is 2.04. The van der Waals surface area contributed by atoms with E-state index < -0.39 is 15.8 Å². The number of benzene rings is 2. The van der Waals surface area contributed by atoms with E-state index in [4.69, 9.17) is 0 Å². The molecule has 0 saturated carbocycles. The second kappa shape index (κ2) is 6.17. The maximum absolute atomic E-state index is 13.2. The lowest BCUT2D eigenvalue weighted by molar-refractivity contribution is -0.114. The van der Waals surface area contributed by atoms with Crippen LogP contribution >= 0.6 is 11.3 Å². The Kier molecular flexibility index (Phi) is 4.20. The molecular formula is C15H12FN3O3S2. The van der Waals surface area contributed by atoms with Gasteiger partial charge in [-0.1, -0.05) is 11.3 Å². The standard InChI is InChI=1S/C15H12FN3O3S2/c1-9(20)17-11-3-5-12(6-4-11)24(21,22)19-15-18-13-7-2-10(16)8-14(13)23-15/h2-8H,1H3,(H,17,20)(H,18,19). The van der Waals surface area contributed by atoms with Crippen molar-refractivity contribution in [3.05, 3.63) is 48.3 Å². The molecule has 3 rings (SSSR count). The zero-order valence-corrected chi connectivity index (χ0v) is 14.0. The van der Waals surface area contributed by atoms with Gasteiger partial charge in [-0.2, -0.15) is 0 Å². The number of thiazole rings is 1. The number of nitrogens with zero attached hydrogens (tertiary/aromatic N) is 1. The second-order valence-corrected chi connectivity index (χ2v) is 7.66. The Bertz CT molecular complexity index is 1010. The van der Waals surface area contributed by atoms with Gasteiger partial charge in [-0.25, -0.2) is 17.8 Å². The highest BCUT2D eigenvalue weighted by molar-refractivity contribution is 7.93. The average Bonchev–Trinajstić information content (AvgIpc) is 2.87. The number of rotatable bonds is 4. The minimum atomic E-state index is -3.82. The van der Waals surface area contributed by atoms with Crippen LogP contribution in [0.25, 0.3) is 10.2 Å². The molecule has 0 fully saturated rings. The first-order chi connectivity index (χ1) is 11.3. The first-order valence-electron chi connectivity index (χ1n) is 6.80. The van der Waals surface area contributed by atoms with Crippen LogP contribution in [0, 0.1) is 5.82 Å². The van der Waals surface area contributed by atoms with E-state index in [-0.39, 0.29) is 15.9 Å².